The highest BCUT2D eigenvalue weighted by molar-refractivity contribution is 6.13. The molecule has 34 heteroatoms. The first-order valence-electron chi connectivity index (χ1n) is 40.0. The van der Waals surface area contributed by atoms with Gasteiger partial charge in [-0.1, -0.05) is 40.5 Å². The van der Waals surface area contributed by atoms with Crippen LogP contribution in [0, 0.1) is 17.5 Å². The third-order valence-corrected chi connectivity index (χ3v) is 21.6. The summed E-state index contributed by atoms with van der Waals surface area (Å²) >= 11 is 0. The summed E-state index contributed by atoms with van der Waals surface area (Å²) in [5, 5.41) is 42.4. The lowest BCUT2D eigenvalue weighted by Crippen LogP contribution is -2.47. The third-order valence-electron chi connectivity index (χ3n) is 21.6. The Morgan fingerprint density at radius 2 is 0.768 bits per heavy atom. The largest absolute Gasteiger partial charge is 0.443 e. The number of halogens is 3. The molecule has 6 aliphatic rings. The number of hydrogen-bond donors (Lipinski definition) is 7. The summed E-state index contributed by atoms with van der Waals surface area (Å²) in [5.74, 6) is -0.699. The first kappa shape index (κ1) is 89.6. The minimum Gasteiger partial charge on any atom is -0.443 e. The number of aliphatic hydroxyl groups excluding tert-OH is 3. The van der Waals surface area contributed by atoms with Crippen LogP contribution in [0.1, 0.15) is 132 Å². The van der Waals surface area contributed by atoms with Crippen LogP contribution in [0.25, 0.3) is 50.7 Å². The minimum absolute atomic E-state index is 0. The van der Waals surface area contributed by atoms with Gasteiger partial charge in [-0.15, -0.1) is 0 Å². The summed E-state index contributed by atoms with van der Waals surface area (Å²) in [6.07, 6.45) is 11.0. The molecule has 3 fully saturated rings. The molecule has 0 spiro atoms. The van der Waals surface area contributed by atoms with Crippen molar-refractivity contribution in [3.63, 3.8) is 0 Å². The van der Waals surface area contributed by atoms with Gasteiger partial charge in [-0.2, -0.15) is 0 Å². The van der Waals surface area contributed by atoms with E-state index in [4.69, 9.17) is 23.7 Å². The molecule has 9 aromatic heterocycles. The first-order chi connectivity index (χ1) is 58.4. The average Bonchev–Trinajstić information content (AvgIpc) is 1.60. The van der Waals surface area contributed by atoms with Gasteiger partial charge in [0.1, 0.15) is 81.4 Å². The summed E-state index contributed by atoms with van der Waals surface area (Å²) in [6.45, 7) is 21.3. The number of benzene rings is 3. The second-order valence-corrected chi connectivity index (χ2v) is 32.5. The zero-order valence-electron chi connectivity index (χ0n) is 68.4. The second kappa shape index (κ2) is 36.7. The molecule has 0 aliphatic carbocycles. The standard InChI is InChI=1S/2C31H33FN6O5.C26H25FN6O3.3CH4/c2*1-18(39)25-17-36(11-12-42-25)20-5-8-26(33-14-20)35-23-7-6-21(24-15-34-27-13-19(32)9-10-37(24)27)22-16-38(29(40)28(22)23)30(41)43-31(2,3)4;1-15(34)22-14-32(8-9-36-22)17-2-5-23(28-11-17)31-20-4-3-18(19-12-30-26(35)25(19)20)21-13-29-24-10-16(27)6-7-33(21)24;;;/h2*5-10,13-15,18,25,39H,11-12,16-17H2,1-4H3,(H,33,35);2-7,10-11,13,15,22,34H,8-9,12,14H2,1H3,(H,28,31)(H,30,35);3*1H4/t2*18-,25-;15-,22-;;;/m101.../s1. The number of carbonyl (C=O) groups excluding carboxylic acids is 5. The number of hydrogen-bond acceptors (Lipinski definition) is 25. The molecule has 0 bridgehead atoms. The number of carbonyl (C=O) groups is 5. The number of aliphatic hydroxyl groups is 3. The smallest absolute Gasteiger partial charge is 0.417 e. The predicted octanol–water partition coefficient (Wildman–Crippen LogP) is 14.5. The van der Waals surface area contributed by atoms with Crippen molar-refractivity contribution in [3.8, 4) is 33.8 Å². The molecule has 656 valence electrons. The van der Waals surface area contributed by atoms with Crippen LogP contribution in [0.5, 0.6) is 0 Å². The van der Waals surface area contributed by atoms with Crippen LogP contribution in [0.2, 0.25) is 0 Å². The molecule has 0 radical (unpaired) electrons. The van der Waals surface area contributed by atoms with Gasteiger partial charge in [-0.25, -0.2) is 62.5 Å². The Morgan fingerprint density at radius 3 is 1.07 bits per heavy atom. The highest BCUT2D eigenvalue weighted by Crippen LogP contribution is 2.43. The van der Waals surface area contributed by atoms with Crippen LogP contribution in [-0.4, -0.2) is 205 Å². The van der Waals surface area contributed by atoms with Gasteiger partial charge in [-0.3, -0.25) is 27.6 Å². The van der Waals surface area contributed by atoms with Crippen LogP contribution >= 0.6 is 0 Å². The lowest BCUT2D eigenvalue weighted by molar-refractivity contribution is -0.0364. The molecule has 12 aromatic rings. The van der Waals surface area contributed by atoms with Gasteiger partial charge in [0.05, 0.1) is 156 Å². The molecule has 3 aromatic carbocycles. The van der Waals surface area contributed by atoms with E-state index in [0.29, 0.717) is 161 Å². The molecular weight excluding hydrogens is 1610 g/mol. The van der Waals surface area contributed by atoms with Crippen molar-refractivity contribution in [2.45, 2.75) is 152 Å². The first-order valence-corrected chi connectivity index (χ1v) is 40.0. The molecule has 31 nitrogen and oxygen atoms in total. The van der Waals surface area contributed by atoms with E-state index in [0.717, 1.165) is 50.2 Å². The van der Waals surface area contributed by atoms with Crippen LogP contribution in [0.15, 0.2) is 165 Å². The highest BCUT2D eigenvalue weighted by Gasteiger charge is 2.42. The van der Waals surface area contributed by atoms with Gasteiger partial charge in [0.2, 0.25) is 0 Å². The number of fused-ring (bicyclic) bond motifs is 6. The van der Waals surface area contributed by atoms with Gasteiger partial charge >= 0.3 is 12.2 Å². The quantitative estimate of drug-likeness (QED) is 0.0501. The van der Waals surface area contributed by atoms with Crippen molar-refractivity contribution in [3.05, 3.63) is 216 Å². The molecule has 6 aliphatic heterocycles. The van der Waals surface area contributed by atoms with Crippen molar-refractivity contribution in [1.29, 1.82) is 0 Å². The highest BCUT2D eigenvalue weighted by atomic mass is 19.1. The molecule has 0 saturated carbocycles. The second-order valence-electron chi connectivity index (χ2n) is 32.5. The SMILES string of the molecule is C.C.C.C[C@@H](O)[C@H]1CN(c2ccc(Nc3ccc(-c4cnc5cc(F)ccn45)c4c3C(=O)N(C(=O)OC(C)(C)C)C4)nc2)CCO1.C[C@@H](O)[C@H]1CN(c2ccc(Nc3ccc(-c4cnc5cc(F)ccn45)c4c3C(=O)NC4)nc2)CCO1.C[C@H](O)[C@@H]1CN(c2ccc(Nc3ccc(-c4cnc5cc(F)ccn45)c4c3C(=O)N(C(=O)OC(C)(C)C)C4)nc2)CCO1. The van der Waals surface area contributed by atoms with E-state index in [1.165, 1.54) is 36.4 Å². The molecule has 18 rings (SSSR count). The van der Waals surface area contributed by atoms with E-state index in [2.05, 4.69) is 65.9 Å². The number of imide groups is 2. The summed E-state index contributed by atoms with van der Waals surface area (Å²) in [6, 6.07) is 30.4. The Hall–Kier alpha value is -13.1. The Labute approximate surface area is 720 Å². The Bertz CT molecular complexity index is 5740. The van der Waals surface area contributed by atoms with E-state index in [-0.39, 0.29) is 65.4 Å². The number of aromatic nitrogens is 9. The van der Waals surface area contributed by atoms with E-state index < -0.39 is 65.1 Å². The third kappa shape index (κ3) is 19.0. The van der Waals surface area contributed by atoms with Gasteiger partial charge < -0.3 is 75.0 Å². The number of nitrogens with zero attached hydrogens (tertiary/aromatic N) is 14. The fourth-order valence-electron chi connectivity index (χ4n) is 15.6. The Balaban J connectivity index is 0.000000160. The van der Waals surface area contributed by atoms with Gasteiger partial charge in [0.25, 0.3) is 17.7 Å². The maximum absolute atomic E-state index is 13.8. The minimum atomic E-state index is -0.789. The number of rotatable bonds is 15. The zero-order chi connectivity index (χ0) is 85.7. The van der Waals surface area contributed by atoms with E-state index in [1.54, 1.807) is 139 Å². The average molecular weight is 1710 g/mol. The maximum Gasteiger partial charge on any atom is 0.417 e. The lowest BCUT2D eigenvalue weighted by Gasteiger charge is -2.35. The lowest BCUT2D eigenvalue weighted by atomic mass is 9.99. The number of anilines is 9. The van der Waals surface area contributed by atoms with Crippen molar-refractivity contribution in [2.75, 3.05) is 89.7 Å². The van der Waals surface area contributed by atoms with E-state index in [9.17, 15) is 52.5 Å². The van der Waals surface area contributed by atoms with Gasteiger partial charge in [-0.05, 0) is 152 Å². The fraction of sp³-hybridized carbons (Fsp3) is 0.352. The Kier molecular flexibility index (Phi) is 26.3. The predicted molar refractivity (Wildman–Crippen MR) is 469 cm³/mol. The number of ether oxygens (including phenoxy) is 5. The zero-order valence-corrected chi connectivity index (χ0v) is 68.4. The Morgan fingerprint density at radius 1 is 0.448 bits per heavy atom. The molecule has 3 saturated heterocycles. The van der Waals surface area contributed by atoms with Crippen LogP contribution in [-0.2, 0) is 43.3 Å². The number of pyridine rings is 6. The number of imidazole rings is 3. The van der Waals surface area contributed by atoms with Crippen molar-refractivity contribution in [2.24, 2.45) is 0 Å². The summed E-state index contributed by atoms with van der Waals surface area (Å²) < 4.78 is 74.6. The maximum atomic E-state index is 13.8. The molecule has 15 heterocycles. The topological polar surface area (TPSA) is 347 Å². The van der Waals surface area contributed by atoms with Crippen molar-refractivity contribution < 1.29 is 76.1 Å². The molecular formula is C91H103F3N18O13. The van der Waals surface area contributed by atoms with Crippen molar-refractivity contribution in [1.82, 2.24) is 58.2 Å². The van der Waals surface area contributed by atoms with Crippen LogP contribution in [0.4, 0.5) is 74.3 Å². The molecule has 5 amide bonds. The fourth-order valence-corrected chi connectivity index (χ4v) is 15.6. The molecule has 6 atom stereocenters. The van der Waals surface area contributed by atoms with Crippen LogP contribution in [0.3, 0.4) is 0 Å². The summed E-state index contributed by atoms with van der Waals surface area (Å²) in [4.78, 5) is 102. The normalized spacial score (nSPS) is 17.4. The monoisotopic (exact) mass is 1710 g/mol. The molecule has 0 unspecified atom stereocenters. The van der Waals surface area contributed by atoms with Gasteiger partial charge in [0, 0.05) is 99.3 Å². The van der Waals surface area contributed by atoms with E-state index in [1.807, 2.05) is 65.1 Å². The molecule has 125 heavy (non-hydrogen) atoms. The van der Waals surface area contributed by atoms with E-state index >= 15 is 0 Å². The summed E-state index contributed by atoms with van der Waals surface area (Å²) in [5.41, 5.74) is 11.7. The molecule has 7 N–H and O–H groups in total. The van der Waals surface area contributed by atoms with Gasteiger partial charge in [0.15, 0.2) is 0 Å². The number of morpholine rings is 3. The summed E-state index contributed by atoms with van der Waals surface area (Å²) in [7, 11) is 0. The number of amides is 5. The number of nitrogens with one attached hydrogen (secondary N) is 4. The van der Waals surface area contributed by atoms with Crippen molar-refractivity contribution >= 4 is 98.4 Å². The van der Waals surface area contributed by atoms with Crippen LogP contribution < -0.4 is 36.0 Å².